The highest BCUT2D eigenvalue weighted by molar-refractivity contribution is 6.17. The first-order valence-corrected chi connectivity index (χ1v) is 23.8. The van der Waals surface area contributed by atoms with Crippen LogP contribution in [0.3, 0.4) is 0 Å². The molecule has 0 saturated carbocycles. The van der Waals surface area contributed by atoms with Gasteiger partial charge in [-0.25, -0.2) is 0 Å². The molecule has 2 aromatic heterocycles. The summed E-state index contributed by atoms with van der Waals surface area (Å²) in [5, 5.41) is 15.2. The monoisotopic (exact) mass is 953 g/mol. The Kier molecular flexibility index (Phi) is 9.00. The van der Waals surface area contributed by atoms with Crippen LogP contribution in [0.1, 0.15) is 66.6 Å². The van der Waals surface area contributed by atoms with E-state index in [0.717, 1.165) is 89.1 Å². The molecule has 3 nitrogen and oxygen atoms in total. The molecule has 0 N–H and O–H groups in total. The average Bonchev–Trinajstić information content (AvgIpc) is 4.04. The third-order valence-corrected chi connectivity index (χ3v) is 15.5. The van der Waals surface area contributed by atoms with E-state index in [0.29, 0.717) is 22.5 Å². The van der Waals surface area contributed by atoms with Crippen molar-refractivity contribution >= 4 is 43.6 Å². The first kappa shape index (κ1) is 43.7. The van der Waals surface area contributed by atoms with Crippen molar-refractivity contribution in [2.45, 2.75) is 50.9 Å². The van der Waals surface area contributed by atoms with Gasteiger partial charge in [0.25, 0.3) is 0 Å². The van der Waals surface area contributed by atoms with E-state index in [1.165, 1.54) is 11.1 Å². The summed E-state index contributed by atoms with van der Waals surface area (Å²) in [5.74, 6) is 0. The number of nitrogens with zero attached hydrogens (tertiary/aromatic N) is 3. The van der Waals surface area contributed by atoms with Crippen molar-refractivity contribution < 1.29 is 26.3 Å². The molecular formula is C63H41F6N3. The number of fused-ring (bicyclic) bond motifs is 14. The number of aromatic nitrogens is 2. The molecule has 0 atom stereocenters. The number of alkyl halides is 6. The normalized spacial score (nSPS) is 14.5. The summed E-state index contributed by atoms with van der Waals surface area (Å²) < 4.78 is 93.5. The Bertz CT molecular complexity index is 4180. The van der Waals surface area contributed by atoms with Crippen LogP contribution in [0.5, 0.6) is 0 Å². The van der Waals surface area contributed by atoms with Gasteiger partial charge in [0.05, 0.1) is 56.2 Å². The molecule has 13 rings (SSSR count). The zero-order chi connectivity index (χ0) is 49.8. The molecule has 2 aliphatic carbocycles. The Balaban J connectivity index is 1.19. The van der Waals surface area contributed by atoms with Crippen LogP contribution >= 0.6 is 0 Å². The van der Waals surface area contributed by atoms with E-state index in [-0.39, 0.29) is 22.8 Å². The van der Waals surface area contributed by atoms with Gasteiger partial charge in [0, 0.05) is 43.5 Å². The number of halogens is 6. The maximum Gasteiger partial charge on any atom is 0.416 e. The number of para-hydroxylation sites is 2. The van der Waals surface area contributed by atoms with Crippen molar-refractivity contribution in [3.05, 3.63) is 215 Å². The standard InChI is InChI=1S/C63H41F6N3/c1-60(2)46-21-9-5-16-40(46)42-27-29-52-56(58(42)60)44-18-7-11-23-48(44)71(52)50-25-13-15-35(34-70)54(50)55-39(36-31-37(62(64,65)66)33-38(32-36)63(67,68)69)20-14-26-51(55)72-49-24-12-8-19-45(49)57-53(72)30-28-43-41-17-6-10-22-47(41)61(3,4)59(43)57/h5-33H,1-4H3. The lowest BCUT2D eigenvalue weighted by molar-refractivity contribution is -0.143. The molecular weight excluding hydrogens is 913 g/mol. The number of benzene rings is 9. The molecule has 0 bridgehead atoms. The Labute approximate surface area is 410 Å². The topological polar surface area (TPSA) is 33.6 Å². The average molecular weight is 954 g/mol. The molecule has 0 radical (unpaired) electrons. The lowest BCUT2D eigenvalue weighted by atomic mass is 9.80. The van der Waals surface area contributed by atoms with Gasteiger partial charge in [-0.05, 0) is 116 Å². The van der Waals surface area contributed by atoms with Gasteiger partial charge in [0.2, 0.25) is 0 Å². The largest absolute Gasteiger partial charge is 0.416 e. The fourth-order valence-electron chi connectivity index (χ4n) is 12.6. The van der Waals surface area contributed by atoms with Crippen molar-refractivity contribution in [2.75, 3.05) is 0 Å². The molecule has 0 saturated heterocycles. The van der Waals surface area contributed by atoms with Crippen LogP contribution in [-0.2, 0) is 23.2 Å². The summed E-state index contributed by atoms with van der Waals surface area (Å²) >= 11 is 0. The van der Waals surface area contributed by atoms with E-state index in [4.69, 9.17) is 0 Å². The molecule has 2 heterocycles. The van der Waals surface area contributed by atoms with Crippen LogP contribution in [0.15, 0.2) is 176 Å². The third-order valence-electron chi connectivity index (χ3n) is 15.5. The minimum Gasteiger partial charge on any atom is -0.309 e. The maximum atomic E-state index is 14.9. The molecule has 11 aromatic rings. The fourth-order valence-corrected chi connectivity index (χ4v) is 12.6. The van der Waals surface area contributed by atoms with Crippen LogP contribution in [0.2, 0.25) is 0 Å². The predicted molar refractivity (Wildman–Crippen MR) is 276 cm³/mol. The molecule has 0 spiro atoms. The number of rotatable bonds is 4. The smallest absolute Gasteiger partial charge is 0.309 e. The van der Waals surface area contributed by atoms with Gasteiger partial charge < -0.3 is 9.13 Å². The zero-order valence-corrected chi connectivity index (χ0v) is 39.4. The van der Waals surface area contributed by atoms with E-state index >= 15 is 0 Å². The van der Waals surface area contributed by atoms with Crippen LogP contribution in [0.4, 0.5) is 26.3 Å². The molecule has 9 aromatic carbocycles. The second-order valence-corrected chi connectivity index (χ2v) is 20.1. The SMILES string of the molecule is CC1(C)c2ccccc2-c2ccc3c(c21)c1ccccc1n3-c1cccc(C#N)c1-c1c(-c2cc(C(F)(F)F)cc(C(F)(F)F)c2)cccc1-n1c2ccccc2c2c3c(ccc21)-c1ccccc1C3(C)C. The summed E-state index contributed by atoms with van der Waals surface area (Å²) in [6.07, 6.45) is -10.2. The number of hydrogen-bond donors (Lipinski definition) is 0. The highest BCUT2D eigenvalue weighted by atomic mass is 19.4. The van der Waals surface area contributed by atoms with E-state index in [9.17, 15) is 31.6 Å². The first-order valence-electron chi connectivity index (χ1n) is 23.8. The van der Waals surface area contributed by atoms with E-state index in [2.05, 4.69) is 104 Å². The second-order valence-electron chi connectivity index (χ2n) is 20.1. The van der Waals surface area contributed by atoms with Gasteiger partial charge in [-0.15, -0.1) is 0 Å². The van der Waals surface area contributed by atoms with Crippen LogP contribution in [0.25, 0.3) is 99.5 Å². The summed E-state index contributed by atoms with van der Waals surface area (Å²) in [7, 11) is 0. The molecule has 0 fully saturated rings. The fraction of sp³-hybridized carbons (Fsp3) is 0.127. The Morgan fingerprint density at radius 3 is 1.33 bits per heavy atom. The van der Waals surface area contributed by atoms with Crippen molar-refractivity contribution in [1.82, 2.24) is 9.13 Å². The molecule has 72 heavy (non-hydrogen) atoms. The zero-order valence-electron chi connectivity index (χ0n) is 39.4. The summed E-state index contributed by atoms with van der Waals surface area (Å²) in [5.41, 5.74) is 10.2. The summed E-state index contributed by atoms with van der Waals surface area (Å²) in [6, 6.07) is 55.7. The molecule has 0 aliphatic heterocycles. The second kappa shape index (κ2) is 14.8. The Morgan fingerprint density at radius 2 is 0.847 bits per heavy atom. The van der Waals surface area contributed by atoms with Crippen molar-refractivity contribution in [3.8, 4) is 62.0 Å². The Hall–Kier alpha value is -8.35. The number of hydrogen-bond acceptors (Lipinski definition) is 1. The van der Waals surface area contributed by atoms with E-state index in [1.54, 1.807) is 24.3 Å². The summed E-state index contributed by atoms with van der Waals surface area (Å²) in [4.78, 5) is 0. The Morgan fingerprint density at radius 1 is 0.417 bits per heavy atom. The minimum atomic E-state index is -5.11. The van der Waals surface area contributed by atoms with Crippen molar-refractivity contribution in [3.63, 3.8) is 0 Å². The van der Waals surface area contributed by atoms with E-state index in [1.807, 2.05) is 72.8 Å². The van der Waals surface area contributed by atoms with Gasteiger partial charge >= 0.3 is 12.4 Å². The molecule has 9 heteroatoms. The van der Waals surface area contributed by atoms with Crippen molar-refractivity contribution in [1.29, 1.82) is 5.26 Å². The number of nitriles is 1. The molecule has 350 valence electrons. The molecule has 2 aliphatic rings. The van der Waals surface area contributed by atoms with Gasteiger partial charge in [-0.3, -0.25) is 0 Å². The van der Waals surface area contributed by atoms with E-state index < -0.39 is 34.3 Å². The lowest BCUT2D eigenvalue weighted by Crippen LogP contribution is -2.15. The van der Waals surface area contributed by atoms with Crippen LogP contribution in [-0.4, -0.2) is 9.13 Å². The van der Waals surface area contributed by atoms with Crippen LogP contribution < -0.4 is 0 Å². The minimum absolute atomic E-state index is 0.0890. The van der Waals surface area contributed by atoms with Gasteiger partial charge in [0.1, 0.15) is 0 Å². The highest BCUT2D eigenvalue weighted by Gasteiger charge is 2.41. The van der Waals surface area contributed by atoms with Gasteiger partial charge in [0.15, 0.2) is 0 Å². The highest BCUT2D eigenvalue weighted by Crippen LogP contribution is 2.56. The first-order chi connectivity index (χ1) is 34.5. The van der Waals surface area contributed by atoms with Gasteiger partial charge in [-0.1, -0.05) is 143 Å². The van der Waals surface area contributed by atoms with Gasteiger partial charge in [-0.2, -0.15) is 31.6 Å². The molecule has 0 amide bonds. The predicted octanol–water partition coefficient (Wildman–Crippen LogP) is 17.7. The van der Waals surface area contributed by atoms with Crippen molar-refractivity contribution in [2.24, 2.45) is 0 Å². The lowest BCUT2D eigenvalue weighted by Gasteiger charge is -2.24. The third kappa shape index (κ3) is 5.92. The quantitative estimate of drug-likeness (QED) is 0.162. The van der Waals surface area contributed by atoms with Crippen LogP contribution in [0, 0.1) is 11.3 Å². The molecule has 0 unspecified atom stereocenters. The summed E-state index contributed by atoms with van der Waals surface area (Å²) in [6.45, 7) is 8.85. The maximum absolute atomic E-state index is 14.9.